The van der Waals surface area contributed by atoms with Gasteiger partial charge in [0.05, 0.1) is 0 Å². The summed E-state index contributed by atoms with van der Waals surface area (Å²) in [4.78, 5) is 4.22. The number of nitrogens with zero attached hydrogens (tertiary/aromatic N) is 2. The SMILES string of the molecule is Cc1nc(SCC2CNC2)n[nH]1. The van der Waals surface area contributed by atoms with Gasteiger partial charge in [-0.05, 0) is 25.9 Å². The molecule has 2 N–H and O–H groups in total. The molecule has 0 aliphatic carbocycles. The lowest BCUT2D eigenvalue weighted by Gasteiger charge is -2.25. The number of aromatic amines is 1. The molecule has 1 aliphatic heterocycles. The predicted molar refractivity (Wildman–Crippen MR) is 48.2 cm³/mol. The van der Waals surface area contributed by atoms with Crippen LogP contribution in [0.1, 0.15) is 5.82 Å². The second-order valence-corrected chi connectivity index (χ2v) is 4.03. The van der Waals surface area contributed by atoms with Gasteiger partial charge in [0.25, 0.3) is 0 Å². The number of rotatable bonds is 3. The summed E-state index contributed by atoms with van der Waals surface area (Å²) in [5, 5.41) is 11.0. The molecule has 1 aromatic rings. The first-order valence-electron chi connectivity index (χ1n) is 4.07. The fraction of sp³-hybridized carbons (Fsp3) is 0.714. The van der Waals surface area contributed by atoms with Gasteiger partial charge in [-0.1, -0.05) is 11.8 Å². The zero-order valence-electron chi connectivity index (χ0n) is 7.00. The Labute approximate surface area is 75.5 Å². The fourth-order valence-electron chi connectivity index (χ4n) is 1.05. The van der Waals surface area contributed by atoms with Gasteiger partial charge in [-0.15, -0.1) is 5.10 Å². The third kappa shape index (κ3) is 1.78. The number of aromatic nitrogens is 3. The third-order valence-corrected chi connectivity index (χ3v) is 2.97. The van der Waals surface area contributed by atoms with Crippen molar-refractivity contribution in [2.75, 3.05) is 18.8 Å². The van der Waals surface area contributed by atoms with E-state index in [1.165, 1.54) is 0 Å². The molecule has 1 aliphatic rings. The van der Waals surface area contributed by atoms with E-state index in [9.17, 15) is 0 Å². The molecule has 0 atom stereocenters. The van der Waals surface area contributed by atoms with Crippen LogP contribution >= 0.6 is 11.8 Å². The highest BCUT2D eigenvalue weighted by atomic mass is 32.2. The summed E-state index contributed by atoms with van der Waals surface area (Å²) in [6, 6.07) is 0. The summed E-state index contributed by atoms with van der Waals surface area (Å²) in [5.41, 5.74) is 0. The van der Waals surface area contributed by atoms with Crippen LogP contribution in [0.25, 0.3) is 0 Å². The first kappa shape index (κ1) is 8.07. The number of hydrogen-bond donors (Lipinski definition) is 2. The predicted octanol–water partition coefficient (Wildman–Crippen LogP) is 0.425. The quantitative estimate of drug-likeness (QED) is 0.669. The van der Waals surface area contributed by atoms with Crippen LogP contribution in [0.4, 0.5) is 0 Å². The lowest BCUT2D eigenvalue weighted by atomic mass is 10.1. The van der Waals surface area contributed by atoms with Gasteiger partial charge in [-0.3, -0.25) is 5.10 Å². The molecule has 1 saturated heterocycles. The van der Waals surface area contributed by atoms with Gasteiger partial charge in [0, 0.05) is 5.75 Å². The molecule has 1 fully saturated rings. The summed E-state index contributed by atoms with van der Waals surface area (Å²) in [5.74, 6) is 2.84. The van der Waals surface area contributed by atoms with Crippen molar-refractivity contribution in [2.45, 2.75) is 12.1 Å². The van der Waals surface area contributed by atoms with Gasteiger partial charge in [0.15, 0.2) is 0 Å². The Kier molecular flexibility index (Phi) is 2.32. The lowest BCUT2D eigenvalue weighted by molar-refractivity contribution is 0.385. The monoisotopic (exact) mass is 184 g/mol. The standard InChI is InChI=1S/C7H12N4S/c1-5-9-7(11-10-5)12-4-6-2-8-3-6/h6,8H,2-4H2,1H3,(H,9,10,11). The second kappa shape index (κ2) is 3.45. The molecule has 0 spiro atoms. The number of thioether (sulfide) groups is 1. The highest BCUT2D eigenvalue weighted by Gasteiger charge is 2.17. The van der Waals surface area contributed by atoms with Crippen molar-refractivity contribution in [3.63, 3.8) is 0 Å². The number of nitrogens with one attached hydrogen (secondary N) is 2. The number of aryl methyl sites for hydroxylation is 1. The molecule has 2 rings (SSSR count). The first-order chi connectivity index (χ1) is 5.84. The van der Waals surface area contributed by atoms with Crippen molar-refractivity contribution in [3.8, 4) is 0 Å². The van der Waals surface area contributed by atoms with E-state index in [0.29, 0.717) is 0 Å². The minimum absolute atomic E-state index is 0.814. The van der Waals surface area contributed by atoms with Crippen molar-refractivity contribution < 1.29 is 0 Å². The Balaban J connectivity index is 1.79. The van der Waals surface area contributed by atoms with E-state index in [2.05, 4.69) is 20.5 Å². The van der Waals surface area contributed by atoms with Crippen LogP contribution in [0.3, 0.4) is 0 Å². The molecule has 66 valence electrons. The van der Waals surface area contributed by atoms with Gasteiger partial charge in [-0.25, -0.2) is 4.98 Å². The fourth-order valence-corrected chi connectivity index (χ4v) is 1.98. The molecule has 0 radical (unpaired) electrons. The van der Waals surface area contributed by atoms with E-state index in [1.54, 1.807) is 11.8 Å². The lowest BCUT2D eigenvalue weighted by Crippen LogP contribution is -2.43. The molecule has 4 nitrogen and oxygen atoms in total. The normalized spacial score (nSPS) is 17.8. The molecule has 0 bridgehead atoms. The summed E-state index contributed by atoms with van der Waals surface area (Å²) in [6.45, 7) is 4.22. The average Bonchev–Trinajstić information content (AvgIpc) is 2.32. The van der Waals surface area contributed by atoms with Crippen molar-refractivity contribution in [1.29, 1.82) is 0 Å². The van der Waals surface area contributed by atoms with E-state index >= 15 is 0 Å². The first-order valence-corrected chi connectivity index (χ1v) is 5.05. The minimum Gasteiger partial charge on any atom is -0.316 e. The molecule has 1 aromatic heterocycles. The average molecular weight is 184 g/mol. The van der Waals surface area contributed by atoms with E-state index < -0.39 is 0 Å². The maximum atomic E-state index is 4.22. The molecular weight excluding hydrogens is 172 g/mol. The maximum Gasteiger partial charge on any atom is 0.208 e. The van der Waals surface area contributed by atoms with Crippen LogP contribution in [0.15, 0.2) is 5.16 Å². The Morgan fingerprint density at radius 2 is 2.42 bits per heavy atom. The van der Waals surface area contributed by atoms with E-state index in [0.717, 1.165) is 35.7 Å². The molecular formula is C7H12N4S. The van der Waals surface area contributed by atoms with Crippen molar-refractivity contribution in [3.05, 3.63) is 5.82 Å². The second-order valence-electron chi connectivity index (χ2n) is 3.04. The summed E-state index contributed by atoms with van der Waals surface area (Å²) >= 11 is 1.73. The van der Waals surface area contributed by atoms with E-state index in [-0.39, 0.29) is 0 Å². The van der Waals surface area contributed by atoms with Gasteiger partial charge < -0.3 is 5.32 Å². The zero-order chi connectivity index (χ0) is 8.39. The Morgan fingerprint density at radius 1 is 1.58 bits per heavy atom. The van der Waals surface area contributed by atoms with Crippen LogP contribution in [-0.4, -0.2) is 34.0 Å². The molecule has 12 heavy (non-hydrogen) atoms. The molecule has 2 heterocycles. The Hall–Kier alpha value is -0.550. The molecule has 0 aromatic carbocycles. The summed E-state index contributed by atoms with van der Waals surface area (Å²) in [6.07, 6.45) is 0. The molecule has 0 saturated carbocycles. The summed E-state index contributed by atoms with van der Waals surface area (Å²) < 4.78 is 0. The zero-order valence-corrected chi connectivity index (χ0v) is 7.82. The van der Waals surface area contributed by atoms with Crippen LogP contribution in [0, 0.1) is 12.8 Å². The summed E-state index contributed by atoms with van der Waals surface area (Å²) in [7, 11) is 0. The third-order valence-electron chi connectivity index (χ3n) is 1.89. The Morgan fingerprint density at radius 3 is 2.92 bits per heavy atom. The number of H-pyrrole nitrogens is 1. The molecule has 0 amide bonds. The van der Waals surface area contributed by atoms with Crippen LogP contribution < -0.4 is 5.32 Å². The van der Waals surface area contributed by atoms with Gasteiger partial charge in [-0.2, -0.15) is 0 Å². The van der Waals surface area contributed by atoms with Gasteiger partial charge in [0.2, 0.25) is 5.16 Å². The molecule has 0 unspecified atom stereocenters. The van der Waals surface area contributed by atoms with Crippen LogP contribution in [0.5, 0.6) is 0 Å². The van der Waals surface area contributed by atoms with E-state index in [4.69, 9.17) is 0 Å². The van der Waals surface area contributed by atoms with Crippen LogP contribution in [-0.2, 0) is 0 Å². The van der Waals surface area contributed by atoms with Crippen LogP contribution in [0.2, 0.25) is 0 Å². The topological polar surface area (TPSA) is 53.6 Å². The highest BCUT2D eigenvalue weighted by Crippen LogP contribution is 2.18. The minimum atomic E-state index is 0.814. The maximum absolute atomic E-state index is 4.22. The van der Waals surface area contributed by atoms with Gasteiger partial charge >= 0.3 is 0 Å². The van der Waals surface area contributed by atoms with Crippen molar-refractivity contribution in [1.82, 2.24) is 20.5 Å². The smallest absolute Gasteiger partial charge is 0.208 e. The molecule has 5 heteroatoms. The van der Waals surface area contributed by atoms with Crippen molar-refractivity contribution in [2.24, 2.45) is 5.92 Å². The largest absolute Gasteiger partial charge is 0.316 e. The Bertz CT molecular complexity index is 256. The highest BCUT2D eigenvalue weighted by molar-refractivity contribution is 7.99. The van der Waals surface area contributed by atoms with Gasteiger partial charge in [0.1, 0.15) is 5.82 Å². The van der Waals surface area contributed by atoms with E-state index in [1.807, 2.05) is 6.92 Å². The van der Waals surface area contributed by atoms with Crippen molar-refractivity contribution >= 4 is 11.8 Å². The number of hydrogen-bond acceptors (Lipinski definition) is 4.